The molecule has 1 aliphatic rings. The zero-order valence-electron chi connectivity index (χ0n) is 9.66. The van der Waals surface area contributed by atoms with Gasteiger partial charge in [0.2, 0.25) is 0 Å². The highest BCUT2D eigenvalue weighted by molar-refractivity contribution is 5.91. The number of nitrogens with zero attached hydrogens (tertiary/aromatic N) is 1. The number of ketones is 1. The van der Waals surface area contributed by atoms with Gasteiger partial charge in [0.05, 0.1) is 6.54 Å². The van der Waals surface area contributed by atoms with Gasteiger partial charge in [-0.2, -0.15) is 0 Å². The topological polar surface area (TPSA) is 58.6 Å². The molecule has 0 bridgehead atoms. The summed E-state index contributed by atoms with van der Waals surface area (Å²) < 4.78 is 5.06. The van der Waals surface area contributed by atoms with Crippen LogP contribution in [0.2, 0.25) is 0 Å². The molecule has 1 fully saturated rings. The van der Waals surface area contributed by atoms with E-state index in [2.05, 4.69) is 5.32 Å². The van der Waals surface area contributed by atoms with E-state index >= 15 is 0 Å². The average molecular weight is 214 g/mol. The van der Waals surface area contributed by atoms with Crippen LogP contribution in [-0.4, -0.2) is 48.6 Å². The Balaban J connectivity index is 2.42. The highest BCUT2D eigenvalue weighted by Crippen LogP contribution is 2.08. The third-order valence-electron chi connectivity index (χ3n) is 2.00. The summed E-state index contributed by atoms with van der Waals surface area (Å²) in [6.07, 6.45) is -0.531. The molecule has 0 radical (unpaired) electrons. The zero-order chi connectivity index (χ0) is 11.6. The van der Waals surface area contributed by atoms with E-state index in [-0.39, 0.29) is 5.78 Å². The predicted molar refractivity (Wildman–Crippen MR) is 55.7 cm³/mol. The molecule has 1 heterocycles. The number of hydrogen-bond donors (Lipinski definition) is 1. The molecule has 15 heavy (non-hydrogen) atoms. The molecular formula is C10H18N2O3. The second-order valence-electron chi connectivity index (χ2n) is 4.86. The van der Waals surface area contributed by atoms with Crippen molar-refractivity contribution in [2.24, 2.45) is 0 Å². The summed E-state index contributed by atoms with van der Waals surface area (Å²) in [6, 6.07) is -0.426. The van der Waals surface area contributed by atoms with Crippen molar-refractivity contribution < 1.29 is 14.3 Å². The fourth-order valence-electron chi connectivity index (χ4n) is 1.43. The fraction of sp³-hybridized carbons (Fsp3) is 0.800. The maximum absolute atomic E-state index is 11.4. The Morgan fingerprint density at radius 1 is 1.53 bits per heavy atom. The summed E-state index contributed by atoms with van der Waals surface area (Å²) in [6.45, 7) is 6.30. The first kappa shape index (κ1) is 12.0. The number of likely N-dealkylation sites (tertiary alicyclic amines) is 1. The van der Waals surface area contributed by atoms with Gasteiger partial charge in [-0.15, -0.1) is 0 Å². The molecule has 0 spiro atoms. The molecule has 1 atom stereocenters. The first-order valence-electron chi connectivity index (χ1n) is 4.99. The molecule has 0 saturated carbocycles. The largest absolute Gasteiger partial charge is 0.444 e. The molecule has 1 aliphatic heterocycles. The molecule has 1 amide bonds. The van der Waals surface area contributed by atoms with Crippen LogP contribution in [0.3, 0.4) is 0 Å². The first-order chi connectivity index (χ1) is 6.78. The predicted octanol–water partition coefficient (Wildman–Crippen LogP) is 0.394. The van der Waals surface area contributed by atoms with Crippen LogP contribution in [-0.2, 0) is 9.53 Å². The van der Waals surface area contributed by atoms with E-state index in [4.69, 9.17) is 4.74 Å². The molecule has 86 valence electrons. The van der Waals surface area contributed by atoms with Gasteiger partial charge in [0.25, 0.3) is 0 Å². The Labute approximate surface area is 89.8 Å². The summed E-state index contributed by atoms with van der Waals surface area (Å²) in [5, 5.41) is 2.56. The fourth-order valence-corrected chi connectivity index (χ4v) is 1.43. The summed E-state index contributed by atoms with van der Waals surface area (Å²) in [7, 11) is 1.84. The van der Waals surface area contributed by atoms with Crippen molar-refractivity contribution in [2.75, 3.05) is 20.1 Å². The van der Waals surface area contributed by atoms with Crippen LogP contribution in [0.1, 0.15) is 20.8 Å². The monoisotopic (exact) mass is 214 g/mol. The van der Waals surface area contributed by atoms with Gasteiger partial charge < -0.3 is 10.1 Å². The number of carbonyl (C=O) groups is 2. The number of likely N-dealkylation sites (N-methyl/N-ethyl adjacent to an activating group) is 1. The van der Waals surface area contributed by atoms with Crippen LogP contribution in [0, 0.1) is 0 Å². The minimum atomic E-state index is -0.531. The molecule has 1 N–H and O–H groups in total. The van der Waals surface area contributed by atoms with E-state index in [0.717, 1.165) is 0 Å². The van der Waals surface area contributed by atoms with Crippen molar-refractivity contribution in [1.82, 2.24) is 10.2 Å². The van der Waals surface area contributed by atoms with Crippen molar-refractivity contribution in [2.45, 2.75) is 32.4 Å². The number of carbonyl (C=O) groups excluding carboxylic acids is 2. The Morgan fingerprint density at radius 3 is 2.53 bits per heavy atom. The standard InChI is InChI=1S/C10H18N2O3/c1-10(2,3)15-9(14)11-7-5-12(4)6-8(7)13/h7H,5-6H2,1-4H3,(H,11,14). The molecule has 5 nitrogen and oxygen atoms in total. The van der Waals surface area contributed by atoms with E-state index in [1.54, 1.807) is 20.8 Å². The third-order valence-corrected chi connectivity index (χ3v) is 2.00. The van der Waals surface area contributed by atoms with Crippen molar-refractivity contribution in [1.29, 1.82) is 0 Å². The molecule has 1 unspecified atom stereocenters. The first-order valence-corrected chi connectivity index (χ1v) is 4.99. The van der Waals surface area contributed by atoms with Gasteiger partial charge in [-0.05, 0) is 27.8 Å². The molecule has 1 saturated heterocycles. The normalized spacial score (nSPS) is 22.9. The highest BCUT2D eigenvalue weighted by Gasteiger charge is 2.30. The second kappa shape index (κ2) is 4.18. The minimum absolute atomic E-state index is 0.0309. The van der Waals surface area contributed by atoms with Crippen LogP contribution in [0.5, 0.6) is 0 Å². The molecule has 5 heteroatoms. The van der Waals surface area contributed by atoms with Crippen LogP contribution in [0.4, 0.5) is 4.79 Å². The van der Waals surface area contributed by atoms with Crippen LogP contribution in [0.15, 0.2) is 0 Å². The van der Waals surface area contributed by atoms with Gasteiger partial charge in [0.1, 0.15) is 11.6 Å². The number of alkyl carbamates (subject to hydrolysis) is 1. The van der Waals surface area contributed by atoms with Gasteiger partial charge in [-0.3, -0.25) is 9.69 Å². The van der Waals surface area contributed by atoms with Crippen molar-refractivity contribution in [3.63, 3.8) is 0 Å². The van der Waals surface area contributed by atoms with Crippen molar-refractivity contribution in [3.05, 3.63) is 0 Å². The number of amides is 1. The maximum Gasteiger partial charge on any atom is 0.408 e. The summed E-state index contributed by atoms with van der Waals surface area (Å²) >= 11 is 0. The Morgan fingerprint density at radius 2 is 2.13 bits per heavy atom. The Hall–Kier alpha value is -1.10. The smallest absolute Gasteiger partial charge is 0.408 e. The van der Waals surface area contributed by atoms with Gasteiger partial charge in [0, 0.05) is 6.54 Å². The lowest BCUT2D eigenvalue weighted by atomic mass is 10.2. The van der Waals surface area contributed by atoms with E-state index < -0.39 is 17.7 Å². The number of ether oxygens (including phenoxy) is 1. The maximum atomic E-state index is 11.4. The SMILES string of the molecule is CN1CC(=O)C(NC(=O)OC(C)(C)C)C1. The molecule has 0 aromatic rings. The average Bonchev–Trinajstić information content (AvgIpc) is 2.25. The van der Waals surface area contributed by atoms with E-state index in [1.807, 2.05) is 11.9 Å². The molecule has 0 aromatic carbocycles. The Bertz CT molecular complexity index is 270. The number of Topliss-reactive ketones (excluding diaryl/α,β-unsaturated/α-hetero) is 1. The number of rotatable bonds is 1. The lowest BCUT2D eigenvalue weighted by Crippen LogP contribution is -2.43. The van der Waals surface area contributed by atoms with E-state index in [0.29, 0.717) is 13.1 Å². The second-order valence-corrected chi connectivity index (χ2v) is 4.86. The van der Waals surface area contributed by atoms with E-state index in [1.165, 1.54) is 0 Å². The molecule has 1 rings (SSSR count). The summed E-state index contributed by atoms with van der Waals surface area (Å²) in [4.78, 5) is 24.6. The lowest BCUT2D eigenvalue weighted by Gasteiger charge is -2.21. The van der Waals surface area contributed by atoms with Gasteiger partial charge >= 0.3 is 6.09 Å². The van der Waals surface area contributed by atoms with Crippen LogP contribution >= 0.6 is 0 Å². The molecular weight excluding hydrogens is 196 g/mol. The summed E-state index contributed by atoms with van der Waals surface area (Å²) in [5.74, 6) is 0.0309. The van der Waals surface area contributed by atoms with Crippen molar-refractivity contribution >= 4 is 11.9 Å². The summed E-state index contributed by atoms with van der Waals surface area (Å²) in [5.41, 5.74) is -0.530. The molecule has 0 aliphatic carbocycles. The Kier molecular flexibility index (Phi) is 3.34. The number of hydrogen-bond acceptors (Lipinski definition) is 4. The van der Waals surface area contributed by atoms with Gasteiger partial charge in [-0.25, -0.2) is 4.79 Å². The lowest BCUT2D eigenvalue weighted by molar-refractivity contribution is -0.118. The minimum Gasteiger partial charge on any atom is -0.444 e. The van der Waals surface area contributed by atoms with Crippen LogP contribution < -0.4 is 5.32 Å². The highest BCUT2D eigenvalue weighted by atomic mass is 16.6. The van der Waals surface area contributed by atoms with Crippen LogP contribution in [0.25, 0.3) is 0 Å². The number of nitrogens with one attached hydrogen (secondary N) is 1. The zero-order valence-corrected chi connectivity index (χ0v) is 9.66. The van der Waals surface area contributed by atoms with Crippen molar-refractivity contribution in [3.8, 4) is 0 Å². The third kappa shape index (κ3) is 3.87. The van der Waals surface area contributed by atoms with E-state index in [9.17, 15) is 9.59 Å². The molecule has 0 aromatic heterocycles. The quantitative estimate of drug-likeness (QED) is 0.686. The van der Waals surface area contributed by atoms with Gasteiger partial charge in [0.15, 0.2) is 5.78 Å². The van der Waals surface area contributed by atoms with Gasteiger partial charge in [-0.1, -0.05) is 0 Å².